The quantitative estimate of drug-likeness (QED) is 0.768. The van der Waals surface area contributed by atoms with E-state index in [0.717, 1.165) is 31.9 Å². The minimum Gasteiger partial charge on any atom is -0.399 e. The van der Waals surface area contributed by atoms with Crippen molar-refractivity contribution in [3.8, 4) is 0 Å². The first-order valence-electron chi connectivity index (χ1n) is 7.10. The zero-order chi connectivity index (χ0) is 14.4. The molecule has 0 radical (unpaired) electrons. The third kappa shape index (κ3) is 6.08. The van der Waals surface area contributed by atoms with Gasteiger partial charge >= 0.3 is 0 Å². The van der Waals surface area contributed by atoms with Gasteiger partial charge in [0.05, 0.1) is 0 Å². The number of rotatable bonds is 7. The van der Waals surface area contributed by atoms with E-state index >= 15 is 0 Å². The Morgan fingerprint density at radius 1 is 1.16 bits per heavy atom. The van der Waals surface area contributed by atoms with Crippen molar-refractivity contribution in [3.63, 3.8) is 0 Å². The van der Waals surface area contributed by atoms with Gasteiger partial charge in [-0.1, -0.05) is 26.0 Å². The lowest BCUT2D eigenvalue weighted by molar-refractivity contribution is 0.211. The maximum absolute atomic E-state index is 5.88. The highest BCUT2D eigenvalue weighted by Gasteiger charge is 2.09. The summed E-state index contributed by atoms with van der Waals surface area (Å²) in [6.07, 6.45) is 0. The molecule has 19 heavy (non-hydrogen) atoms. The molecule has 1 rings (SSSR count). The van der Waals surface area contributed by atoms with Crippen LogP contribution in [0.4, 0.5) is 5.69 Å². The second-order valence-corrected chi connectivity index (χ2v) is 6.12. The van der Waals surface area contributed by atoms with Gasteiger partial charge in [0.2, 0.25) is 0 Å². The normalized spacial score (nSPS) is 11.8. The summed E-state index contributed by atoms with van der Waals surface area (Å²) in [6.45, 7) is 11.0. The maximum Gasteiger partial charge on any atom is 0.0343 e. The summed E-state index contributed by atoms with van der Waals surface area (Å²) in [5, 5.41) is 0. The molecule has 0 saturated heterocycles. The molecule has 0 unspecified atom stereocenters. The molecule has 1 aromatic carbocycles. The van der Waals surface area contributed by atoms with Crippen LogP contribution in [0.15, 0.2) is 18.2 Å². The van der Waals surface area contributed by atoms with Crippen molar-refractivity contribution in [2.45, 2.75) is 27.3 Å². The van der Waals surface area contributed by atoms with Crippen LogP contribution >= 0.6 is 0 Å². The smallest absolute Gasteiger partial charge is 0.0343 e. The summed E-state index contributed by atoms with van der Waals surface area (Å²) in [6, 6.07) is 6.37. The highest BCUT2D eigenvalue weighted by atomic mass is 15.2. The molecule has 0 bridgehead atoms. The molecule has 0 atom stereocenters. The molecule has 0 saturated carbocycles. The minimum atomic E-state index is 0.692. The van der Waals surface area contributed by atoms with Crippen molar-refractivity contribution in [1.29, 1.82) is 0 Å². The maximum atomic E-state index is 5.88. The first kappa shape index (κ1) is 16.0. The average Bonchev–Trinajstić information content (AvgIpc) is 2.30. The Bertz CT molecular complexity index is 386. The van der Waals surface area contributed by atoms with Crippen LogP contribution in [0, 0.1) is 12.8 Å². The molecule has 0 spiro atoms. The van der Waals surface area contributed by atoms with Crippen LogP contribution in [-0.2, 0) is 6.54 Å². The lowest BCUT2D eigenvalue weighted by Crippen LogP contribution is -2.34. The van der Waals surface area contributed by atoms with Gasteiger partial charge in [-0.05, 0) is 44.1 Å². The van der Waals surface area contributed by atoms with Crippen molar-refractivity contribution in [1.82, 2.24) is 9.80 Å². The molecule has 0 aromatic heterocycles. The standard InChI is InChI=1S/C16H29N3/c1-13(2)11-19(9-8-18(4)5)12-15-6-7-16(17)14(3)10-15/h6-7,10,13H,8-9,11-12,17H2,1-5H3. The molecule has 0 fully saturated rings. The van der Waals surface area contributed by atoms with Gasteiger partial charge in [-0.3, -0.25) is 4.90 Å². The lowest BCUT2D eigenvalue weighted by Gasteiger charge is -2.26. The Kier molecular flexibility index (Phi) is 6.32. The monoisotopic (exact) mass is 263 g/mol. The highest BCUT2D eigenvalue weighted by Crippen LogP contribution is 2.15. The Morgan fingerprint density at radius 2 is 1.84 bits per heavy atom. The number of aryl methyl sites for hydroxylation is 1. The third-order valence-corrected chi connectivity index (χ3v) is 3.23. The molecule has 108 valence electrons. The van der Waals surface area contributed by atoms with Crippen LogP contribution in [0.25, 0.3) is 0 Å². The van der Waals surface area contributed by atoms with Gasteiger partial charge in [-0.15, -0.1) is 0 Å². The Balaban J connectivity index is 2.66. The van der Waals surface area contributed by atoms with E-state index in [0.29, 0.717) is 5.92 Å². The van der Waals surface area contributed by atoms with Crippen LogP contribution in [0.1, 0.15) is 25.0 Å². The zero-order valence-corrected chi connectivity index (χ0v) is 13.1. The number of anilines is 1. The van der Waals surface area contributed by atoms with E-state index in [9.17, 15) is 0 Å². The second-order valence-electron chi connectivity index (χ2n) is 6.12. The van der Waals surface area contributed by atoms with Crippen molar-refractivity contribution in [2.24, 2.45) is 5.92 Å². The number of nitrogens with zero attached hydrogens (tertiary/aromatic N) is 2. The molecule has 2 N–H and O–H groups in total. The van der Waals surface area contributed by atoms with Gasteiger partial charge in [0.25, 0.3) is 0 Å². The molecule has 0 heterocycles. The largest absolute Gasteiger partial charge is 0.399 e. The fraction of sp³-hybridized carbons (Fsp3) is 0.625. The van der Waals surface area contributed by atoms with Gasteiger partial charge in [0.15, 0.2) is 0 Å². The zero-order valence-electron chi connectivity index (χ0n) is 13.1. The van der Waals surface area contributed by atoms with Crippen LogP contribution in [0.3, 0.4) is 0 Å². The number of hydrogen-bond acceptors (Lipinski definition) is 3. The summed E-state index contributed by atoms with van der Waals surface area (Å²) >= 11 is 0. The summed E-state index contributed by atoms with van der Waals surface area (Å²) in [5.41, 5.74) is 9.29. The van der Waals surface area contributed by atoms with E-state index in [1.165, 1.54) is 11.1 Å². The Morgan fingerprint density at radius 3 is 2.37 bits per heavy atom. The van der Waals surface area contributed by atoms with Crippen LogP contribution in [-0.4, -0.2) is 43.5 Å². The van der Waals surface area contributed by atoms with Gasteiger partial charge in [0.1, 0.15) is 0 Å². The molecule has 0 aliphatic heterocycles. The van der Waals surface area contributed by atoms with Crippen molar-refractivity contribution in [3.05, 3.63) is 29.3 Å². The second kappa shape index (κ2) is 7.51. The molecule has 0 aliphatic rings. The van der Waals surface area contributed by atoms with E-state index in [2.05, 4.69) is 56.8 Å². The predicted octanol–water partition coefficient (Wildman–Crippen LogP) is 2.60. The molecule has 0 amide bonds. The topological polar surface area (TPSA) is 32.5 Å². The van der Waals surface area contributed by atoms with E-state index < -0.39 is 0 Å². The van der Waals surface area contributed by atoms with Gasteiger partial charge in [-0.25, -0.2) is 0 Å². The van der Waals surface area contributed by atoms with Crippen LogP contribution in [0.2, 0.25) is 0 Å². The lowest BCUT2D eigenvalue weighted by atomic mass is 10.1. The van der Waals surface area contributed by atoms with Crippen LogP contribution < -0.4 is 5.73 Å². The molecule has 3 heteroatoms. The first-order valence-corrected chi connectivity index (χ1v) is 7.10. The summed E-state index contributed by atoms with van der Waals surface area (Å²) < 4.78 is 0. The molecular formula is C16H29N3. The predicted molar refractivity (Wildman–Crippen MR) is 84.3 cm³/mol. The van der Waals surface area contributed by atoms with Gasteiger partial charge in [-0.2, -0.15) is 0 Å². The highest BCUT2D eigenvalue weighted by molar-refractivity contribution is 5.47. The summed E-state index contributed by atoms with van der Waals surface area (Å²) in [4.78, 5) is 4.76. The van der Waals surface area contributed by atoms with Crippen LogP contribution in [0.5, 0.6) is 0 Å². The van der Waals surface area contributed by atoms with Crippen molar-refractivity contribution < 1.29 is 0 Å². The Labute approximate surface area is 118 Å². The number of hydrogen-bond donors (Lipinski definition) is 1. The number of nitrogens with two attached hydrogens (primary N) is 1. The summed E-state index contributed by atoms with van der Waals surface area (Å²) in [5.74, 6) is 0.692. The van der Waals surface area contributed by atoms with E-state index in [-0.39, 0.29) is 0 Å². The van der Waals surface area contributed by atoms with Gasteiger partial charge in [0, 0.05) is 31.9 Å². The van der Waals surface area contributed by atoms with E-state index in [1.54, 1.807) is 0 Å². The molecule has 3 nitrogen and oxygen atoms in total. The molecular weight excluding hydrogens is 234 g/mol. The third-order valence-electron chi connectivity index (χ3n) is 3.23. The fourth-order valence-corrected chi connectivity index (χ4v) is 2.19. The number of likely N-dealkylation sites (N-methyl/N-ethyl adjacent to an activating group) is 1. The number of benzene rings is 1. The van der Waals surface area contributed by atoms with Crippen molar-refractivity contribution in [2.75, 3.05) is 39.5 Å². The molecule has 0 aliphatic carbocycles. The fourth-order valence-electron chi connectivity index (χ4n) is 2.19. The SMILES string of the molecule is Cc1cc(CN(CCN(C)C)CC(C)C)ccc1N. The van der Waals surface area contributed by atoms with E-state index in [4.69, 9.17) is 5.73 Å². The Hall–Kier alpha value is -1.06. The average molecular weight is 263 g/mol. The summed E-state index contributed by atoms with van der Waals surface area (Å²) in [7, 11) is 4.25. The number of nitrogen functional groups attached to an aromatic ring is 1. The minimum absolute atomic E-state index is 0.692. The van der Waals surface area contributed by atoms with Crippen molar-refractivity contribution >= 4 is 5.69 Å². The van der Waals surface area contributed by atoms with Gasteiger partial charge < -0.3 is 10.6 Å². The van der Waals surface area contributed by atoms with E-state index in [1.807, 2.05) is 6.07 Å². The first-order chi connectivity index (χ1) is 8.88. The molecule has 1 aromatic rings.